The summed E-state index contributed by atoms with van der Waals surface area (Å²) in [6, 6.07) is 2.11. The molecule has 2 heterocycles. The van der Waals surface area contributed by atoms with Crippen LogP contribution in [0.5, 0.6) is 0 Å². The van der Waals surface area contributed by atoms with E-state index in [1.165, 1.54) is 6.33 Å². The predicted octanol–water partition coefficient (Wildman–Crippen LogP) is 1.39. The second-order valence-electron chi connectivity index (χ2n) is 2.71. The number of aryl methyl sites for hydroxylation is 1. The van der Waals surface area contributed by atoms with Gasteiger partial charge in [-0.05, 0) is 6.42 Å². The first-order valence-corrected chi connectivity index (χ1v) is 4.08. The molecular formula is C9H8N4. The second-order valence-corrected chi connectivity index (χ2v) is 2.71. The molecule has 1 N–H and O–H groups in total. The fourth-order valence-corrected chi connectivity index (χ4v) is 1.38. The van der Waals surface area contributed by atoms with E-state index in [4.69, 9.17) is 5.26 Å². The van der Waals surface area contributed by atoms with Gasteiger partial charge in [-0.15, -0.1) is 0 Å². The minimum atomic E-state index is 0.618. The van der Waals surface area contributed by atoms with Crippen LogP contribution in [-0.4, -0.2) is 15.0 Å². The number of hydrogen-bond acceptors (Lipinski definition) is 3. The van der Waals surface area contributed by atoms with Gasteiger partial charge in [-0.2, -0.15) is 5.26 Å². The Hall–Kier alpha value is -1.89. The smallest absolute Gasteiger partial charge is 0.142 e. The molecule has 0 unspecified atom stereocenters. The monoisotopic (exact) mass is 172 g/mol. The summed E-state index contributed by atoms with van der Waals surface area (Å²) in [5, 5.41) is 9.67. The lowest BCUT2D eigenvalue weighted by atomic mass is 10.2. The van der Waals surface area contributed by atoms with E-state index < -0.39 is 0 Å². The standard InChI is InChI=1S/C9H8N4/c1-2-7-8-6(3-10)4-11-9(8)13-5-12-7/h4-5H,2H2,1H3,(H,11,12,13). The number of nitriles is 1. The Morgan fingerprint density at radius 2 is 2.38 bits per heavy atom. The van der Waals surface area contributed by atoms with Crippen LogP contribution >= 0.6 is 0 Å². The van der Waals surface area contributed by atoms with Crippen molar-refractivity contribution in [3.05, 3.63) is 23.8 Å². The Bertz CT molecular complexity index is 478. The number of rotatable bonds is 1. The Balaban J connectivity index is 2.85. The normalized spacial score (nSPS) is 10.2. The quantitative estimate of drug-likeness (QED) is 0.706. The van der Waals surface area contributed by atoms with Crippen molar-refractivity contribution in [2.45, 2.75) is 13.3 Å². The molecule has 0 aliphatic rings. The van der Waals surface area contributed by atoms with E-state index in [0.717, 1.165) is 23.1 Å². The molecule has 2 aromatic heterocycles. The lowest BCUT2D eigenvalue weighted by molar-refractivity contribution is 1.03. The molecule has 4 nitrogen and oxygen atoms in total. The van der Waals surface area contributed by atoms with Crippen LogP contribution in [0.1, 0.15) is 18.2 Å². The summed E-state index contributed by atoms with van der Waals surface area (Å²) in [7, 11) is 0. The van der Waals surface area contributed by atoms with Crippen LogP contribution in [0.15, 0.2) is 12.5 Å². The summed E-state index contributed by atoms with van der Waals surface area (Å²) in [5.74, 6) is 0. The predicted molar refractivity (Wildman–Crippen MR) is 48.0 cm³/mol. The van der Waals surface area contributed by atoms with Crippen LogP contribution in [0.2, 0.25) is 0 Å². The number of H-pyrrole nitrogens is 1. The van der Waals surface area contributed by atoms with Crippen LogP contribution in [0.3, 0.4) is 0 Å². The summed E-state index contributed by atoms with van der Waals surface area (Å²) in [4.78, 5) is 11.1. The van der Waals surface area contributed by atoms with Gasteiger partial charge in [0.2, 0.25) is 0 Å². The highest BCUT2D eigenvalue weighted by molar-refractivity contribution is 5.84. The van der Waals surface area contributed by atoms with Crippen LogP contribution in [0.4, 0.5) is 0 Å². The number of fused-ring (bicyclic) bond motifs is 1. The fraction of sp³-hybridized carbons (Fsp3) is 0.222. The summed E-state index contributed by atoms with van der Waals surface area (Å²) in [6.45, 7) is 2.01. The van der Waals surface area contributed by atoms with Gasteiger partial charge in [0.1, 0.15) is 18.0 Å². The topological polar surface area (TPSA) is 65.4 Å². The van der Waals surface area contributed by atoms with Crippen LogP contribution in [-0.2, 0) is 6.42 Å². The second kappa shape index (κ2) is 2.87. The highest BCUT2D eigenvalue weighted by atomic mass is 14.9. The average molecular weight is 172 g/mol. The fourth-order valence-electron chi connectivity index (χ4n) is 1.38. The Morgan fingerprint density at radius 1 is 1.54 bits per heavy atom. The lowest BCUT2D eigenvalue weighted by Crippen LogP contribution is -1.90. The Labute approximate surface area is 75.2 Å². The zero-order valence-corrected chi connectivity index (χ0v) is 7.20. The third-order valence-electron chi connectivity index (χ3n) is 2.00. The highest BCUT2D eigenvalue weighted by Crippen LogP contribution is 2.18. The molecule has 0 aliphatic heterocycles. The van der Waals surface area contributed by atoms with Gasteiger partial charge in [0.25, 0.3) is 0 Å². The van der Waals surface area contributed by atoms with E-state index in [-0.39, 0.29) is 0 Å². The zero-order chi connectivity index (χ0) is 9.26. The Morgan fingerprint density at radius 3 is 3.08 bits per heavy atom. The van der Waals surface area contributed by atoms with Gasteiger partial charge < -0.3 is 4.98 Å². The largest absolute Gasteiger partial charge is 0.345 e. The summed E-state index contributed by atoms with van der Waals surface area (Å²) < 4.78 is 0. The molecular weight excluding hydrogens is 164 g/mol. The number of nitrogens with one attached hydrogen (secondary N) is 1. The van der Waals surface area contributed by atoms with E-state index in [1.807, 2.05) is 6.92 Å². The molecule has 2 rings (SSSR count). The van der Waals surface area contributed by atoms with Gasteiger partial charge in [-0.1, -0.05) is 6.92 Å². The number of nitrogens with zero attached hydrogens (tertiary/aromatic N) is 3. The third kappa shape index (κ3) is 1.05. The van der Waals surface area contributed by atoms with Gasteiger partial charge in [0, 0.05) is 6.20 Å². The van der Waals surface area contributed by atoms with E-state index in [1.54, 1.807) is 6.20 Å². The maximum atomic E-state index is 8.82. The first-order valence-electron chi connectivity index (χ1n) is 4.08. The molecule has 0 saturated carbocycles. The average Bonchev–Trinajstić information content (AvgIpc) is 2.60. The van der Waals surface area contributed by atoms with Gasteiger partial charge in [0.15, 0.2) is 0 Å². The van der Waals surface area contributed by atoms with E-state index in [9.17, 15) is 0 Å². The molecule has 0 radical (unpaired) electrons. The van der Waals surface area contributed by atoms with Gasteiger partial charge in [-0.3, -0.25) is 0 Å². The third-order valence-corrected chi connectivity index (χ3v) is 2.00. The molecule has 4 heteroatoms. The van der Waals surface area contributed by atoms with E-state index >= 15 is 0 Å². The minimum Gasteiger partial charge on any atom is -0.345 e. The van der Waals surface area contributed by atoms with Crippen molar-refractivity contribution in [1.29, 1.82) is 5.26 Å². The molecule has 2 aromatic rings. The van der Waals surface area contributed by atoms with Gasteiger partial charge in [-0.25, -0.2) is 9.97 Å². The number of aromatic amines is 1. The lowest BCUT2D eigenvalue weighted by Gasteiger charge is -1.96. The molecule has 64 valence electrons. The Kier molecular flexibility index (Phi) is 1.71. The van der Waals surface area contributed by atoms with Crippen molar-refractivity contribution in [3.8, 4) is 6.07 Å². The molecule has 0 fully saturated rings. The van der Waals surface area contributed by atoms with Crippen molar-refractivity contribution in [1.82, 2.24) is 15.0 Å². The van der Waals surface area contributed by atoms with Gasteiger partial charge in [0.05, 0.1) is 16.6 Å². The van der Waals surface area contributed by atoms with E-state index in [0.29, 0.717) is 5.56 Å². The van der Waals surface area contributed by atoms with Crippen molar-refractivity contribution >= 4 is 11.0 Å². The SMILES string of the molecule is CCc1ncnc2[nH]cc(C#N)c12. The summed E-state index contributed by atoms with van der Waals surface area (Å²) >= 11 is 0. The van der Waals surface area contributed by atoms with Gasteiger partial charge >= 0.3 is 0 Å². The maximum Gasteiger partial charge on any atom is 0.142 e. The van der Waals surface area contributed by atoms with Crippen molar-refractivity contribution < 1.29 is 0 Å². The number of hydrogen-bond donors (Lipinski definition) is 1. The van der Waals surface area contributed by atoms with E-state index in [2.05, 4.69) is 21.0 Å². The van der Waals surface area contributed by atoms with Crippen LogP contribution < -0.4 is 0 Å². The maximum absolute atomic E-state index is 8.82. The first-order chi connectivity index (χ1) is 6.36. The van der Waals surface area contributed by atoms with Crippen LogP contribution in [0.25, 0.3) is 11.0 Å². The molecule has 0 saturated heterocycles. The molecule has 0 aromatic carbocycles. The highest BCUT2D eigenvalue weighted by Gasteiger charge is 2.08. The molecule has 0 aliphatic carbocycles. The van der Waals surface area contributed by atoms with Crippen molar-refractivity contribution in [3.63, 3.8) is 0 Å². The zero-order valence-electron chi connectivity index (χ0n) is 7.20. The molecule has 0 amide bonds. The molecule has 13 heavy (non-hydrogen) atoms. The number of aromatic nitrogens is 3. The minimum absolute atomic E-state index is 0.618. The first kappa shape index (κ1) is 7.74. The van der Waals surface area contributed by atoms with Crippen LogP contribution in [0, 0.1) is 11.3 Å². The van der Waals surface area contributed by atoms with Crippen molar-refractivity contribution in [2.24, 2.45) is 0 Å². The molecule has 0 atom stereocenters. The molecule has 0 bridgehead atoms. The van der Waals surface area contributed by atoms with Crippen molar-refractivity contribution in [2.75, 3.05) is 0 Å². The molecule has 0 spiro atoms. The summed E-state index contributed by atoms with van der Waals surface area (Å²) in [5.41, 5.74) is 2.28. The summed E-state index contributed by atoms with van der Waals surface area (Å²) in [6.07, 6.45) is 3.99.